The van der Waals surface area contributed by atoms with Gasteiger partial charge in [-0.2, -0.15) is 5.10 Å². The van der Waals surface area contributed by atoms with Crippen molar-refractivity contribution in [2.24, 2.45) is 0 Å². The van der Waals surface area contributed by atoms with Gasteiger partial charge in [0.25, 0.3) is 5.88 Å². The number of rotatable bonds is 6. The summed E-state index contributed by atoms with van der Waals surface area (Å²) in [6, 6.07) is 7.23. The second kappa shape index (κ2) is 7.68. The zero-order valence-electron chi connectivity index (χ0n) is 17.2. The molecule has 1 unspecified atom stereocenters. The van der Waals surface area contributed by atoms with Crippen molar-refractivity contribution < 1.29 is 19.7 Å². The van der Waals surface area contributed by atoms with Crippen molar-refractivity contribution >= 4 is 10.9 Å². The van der Waals surface area contributed by atoms with Crippen molar-refractivity contribution in [1.29, 1.82) is 0 Å². The second-order valence-electron chi connectivity index (χ2n) is 7.02. The van der Waals surface area contributed by atoms with E-state index in [9.17, 15) is 10.2 Å². The molecule has 0 aromatic carbocycles. The van der Waals surface area contributed by atoms with Crippen molar-refractivity contribution in [2.75, 3.05) is 14.2 Å². The Morgan fingerprint density at radius 1 is 1.17 bits per heavy atom. The van der Waals surface area contributed by atoms with Crippen LogP contribution in [-0.2, 0) is 6.54 Å². The van der Waals surface area contributed by atoms with E-state index in [4.69, 9.17) is 14.5 Å². The maximum absolute atomic E-state index is 10.8. The number of ether oxygens (including phenoxy) is 2. The number of aliphatic hydroxyl groups is 1. The summed E-state index contributed by atoms with van der Waals surface area (Å²) >= 11 is 0. The lowest BCUT2D eigenvalue weighted by Gasteiger charge is -2.08. The fourth-order valence-corrected chi connectivity index (χ4v) is 3.46. The minimum absolute atomic E-state index is 0.0642. The molecule has 4 heterocycles. The number of nitrogens with zero attached hydrogens (tertiary/aromatic N) is 5. The van der Waals surface area contributed by atoms with Crippen LogP contribution in [0.25, 0.3) is 28.0 Å². The van der Waals surface area contributed by atoms with Crippen LogP contribution in [0.15, 0.2) is 36.7 Å². The Balaban J connectivity index is 1.79. The molecule has 0 saturated heterocycles. The van der Waals surface area contributed by atoms with Crippen LogP contribution in [0.2, 0.25) is 0 Å². The lowest BCUT2D eigenvalue weighted by atomic mass is 10.1. The number of fused-ring (bicyclic) bond motifs is 1. The topological polar surface area (TPSA) is 107 Å². The molecule has 0 aliphatic heterocycles. The number of aromatic hydroxyl groups is 1. The van der Waals surface area contributed by atoms with E-state index >= 15 is 0 Å². The Hall–Kier alpha value is -3.59. The van der Waals surface area contributed by atoms with Gasteiger partial charge in [-0.3, -0.25) is 9.25 Å². The highest BCUT2D eigenvalue weighted by Gasteiger charge is 2.19. The highest BCUT2D eigenvalue weighted by atomic mass is 16.5. The molecule has 0 aliphatic rings. The van der Waals surface area contributed by atoms with Gasteiger partial charge in [0, 0.05) is 24.0 Å². The maximum atomic E-state index is 10.8. The van der Waals surface area contributed by atoms with Gasteiger partial charge in [0.05, 0.1) is 49.2 Å². The summed E-state index contributed by atoms with van der Waals surface area (Å²) in [5.41, 5.74) is 2.86. The SMILES string of the molecule is COc1cc(-c2ccc3c(O)n(-c4ccn(CC(C)O)n4)c(C)c3n2)cnc1OC. The van der Waals surface area contributed by atoms with Crippen LogP contribution in [-0.4, -0.2) is 54.9 Å². The molecular formula is C21H23N5O4. The quantitative estimate of drug-likeness (QED) is 0.504. The monoisotopic (exact) mass is 409 g/mol. The van der Waals surface area contributed by atoms with Crippen LogP contribution in [0.1, 0.15) is 12.6 Å². The molecule has 4 rings (SSSR count). The van der Waals surface area contributed by atoms with Gasteiger partial charge >= 0.3 is 0 Å². The van der Waals surface area contributed by atoms with Gasteiger partial charge in [0.1, 0.15) is 0 Å². The molecule has 30 heavy (non-hydrogen) atoms. The summed E-state index contributed by atoms with van der Waals surface area (Å²) in [5.74, 6) is 1.53. The predicted molar refractivity (Wildman–Crippen MR) is 111 cm³/mol. The molecule has 2 N–H and O–H groups in total. The van der Waals surface area contributed by atoms with Gasteiger partial charge in [-0.25, -0.2) is 9.97 Å². The van der Waals surface area contributed by atoms with Crippen LogP contribution in [0.4, 0.5) is 0 Å². The minimum atomic E-state index is -0.518. The smallest absolute Gasteiger partial charge is 0.256 e. The third-order valence-corrected chi connectivity index (χ3v) is 4.86. The van der Waals surface area contributed by atoms with Crippen LogP contribution >= 0.6 is 0 Å². The van der Waals surface area contributed by atoms with Crippen LogP contribution in [0.5, 0.6) is 17.5 Å². The number of hydrogen-bond acceptors (Lipinski definition) is 7. The molecule has 0 amide bonds. The van der Waals surface area contributed by atoms with E-state index in [0.717, 1.165) is 11.3 Å². The molecule has 0 bridgehead atoms. The molecule has 1 atom stereocenters. The van der Waals surface area contributed by atoms with Crippen molar-refractivity contribution in [3.63, 3.8) is 0 Å². The summed E-state index contributed by atoms with van der Waals surface area (Å²) in [7, 11) is 3.09. The van der Waals surface area contributed by atoms with Crippen LogP contribution < -0.4 is 9.47 Å². The first-order chi connectivity index (χ1) is 14.4. The minimum Gasteiger partial charge on any atom is -0.494 e. The Bertz CT molecular complexity index is 1210. The lowest BCUT2D eigenvalue weighted by Crippen LogP contribution is -2.12. The van der Waals surface area contributed by atoms with Crippen molar-refractivity contribution in [1.82, 2.24) is 24.3 Å². The molecule has 4 aromatic rings. The Morgan fingerprint density at radius 2 is 1.97 bits per heavy atom. The summed E-state index contributed by atoms with van der Waals surface area (Å²) in [5, 5.41) is 25.4. The Morgan fingerprint density at radius 3 is 2.67 bits per heavy atom. The van der Waals surface area contributed by atoms with Crippen molar-refractivity contribution in [3.8, 4) is 34.6 Å². The van der Waals surface area contributed by atoms with Gasteiger partial charge < -0.3 is 19.7 Å². The molecule has 0 aliphatic carbocycles. The summed E-state index contributed by atoms with van der Waals surface area (Å²) < 4.78 is 13.8. The fraction of sp³-hybridized carbons (Fsp3) is 0.286. The highest BCUT2D eigenvalue weighted by molar-refractivity contribution is 5.90. The number of pyridine rings is 2. The number of aromatic nitrogens is 5. The molecule has 156 valence electrons. The molecule has 0 saturated carbocycles. The zero-order valence-corrected chi connectivity index (χ0v) is 17.2. The van der Waals surface area contributed by atoms with E-state index in [2.05, 4.69) is 10.1 Å². The van der Waals surface area contributed by atoms with Gasteiger partial charge in [0.15, 0.2) is 11.6 Å². The molecule has 0 fully saturated rings. The number of aryl methyl sites for hydroxylation is 1. The molecule has 9 heteroatoms. The summed E-state index contributed by atoms with van der Waals surface area (Å²) in [6.45, 7) is 3.94. The van der Waals surface area contributed by atoms with Crippen LogP contribution in [0, 0.1) is 6.92 Å². The molecule has 9 nitrogen and oxygen atoms in total. The van der Waals surface area contributed by atoms with Gasteiger partial charge in [-0.1, -0.05) is 0 Å². The predicted octanol–water partition coefficient (Wildman–Crippen LogP) is 2.70. The lowest BCUT2D eigenvalue weighted by molar-refractivity contribution is 0.168. The molecular weight excluding hydrogens is 386 g/mol. The Labute approximate surface area is 173 Å². The maximum Gasteiger partial charge on any atom is 0.256 e. The largest absolute Gasteiger partial charge is 0.494 e. The zero-order chi connectivity index (χ0) is 21.4. The van der Waals surface area contributed by atoms with Crippen LogP contribution in [0.3, 0.4) is 0 Å². The number of methoxy groups -OCH3 is 2. The number of hydrogen-bond donors (Lipinski definition) is 2. The average molecular weight is 409 g/mol. The second-order valence-corrected chi connectivity index (χ2v) is 7.02. The average Bonchev–Trinajstić information content (AvgIpc) is 3.28. The fourth-order valence-electron chi connectivity index (χ4n) is 3.46. The third kappa shape index (κ3) is 3.33. The van der Waals surface area contributed by atoms with E-state index in [1.165, 1.54) is 7.11 Å². The first-order valence-electron chi connectivity index (χ1n) is 9.44. The van der Waals surface area contributed by atoms with E-state index in [1.54, 1.807) is 41.7 Å². The number of aliphatic hydroxyl groups excluding tert-OH is 1. The summed E-state index contributed by atoms with van der Waals surface area (Å²) in [4.78, 5) is 9.01. The highest BCUT2D eigenvalue weighted by Crippen LogP contribution is 2.35. The van der Waals surface area contributed by atoms with Gasteiger partial charge in [-0.15, -0.1) is 0 Å². The molecule has 0 radical (unpaired) electrons. The van der Waals surface area contributed by atoms with Crippen molar-refractivity contribution in [3.05, 3.63) is 42.4 Å². The van der Waals surface area contributed by atoms with E-state index < -0.39 is 6.10 Å². The van der Waals surface area contributed by atoms with Gasteiger partial charge in [0.2, 0.25) is 5.88 Å². The first-order valence-corrected chi connectivity index (χ1v) is 9.44. The van der Waals surface area contributed by atoms with Crippen molar-refractivity contribution in [2.45, 2.75) is 26.5 Å². The first kappa shape index (κ1) is 19.7. The van der Waals surface area contributed by atoms with E-state index in [1.807, 2.05) is 25.1 Å². The standard InChI is InChI=1S/C21H23N5O4/c1-12(27)11-25-8-7-18(24-25)26-13(2)19-15(21(26)28)5-6-16(23-19)14-9-17(29-3)20(30-4)22-10-14/h5-10,12,27-28H,11H2,1-4H3. The Kier molecular flexibility index (Phi) is 5.04. The third-order valence-electron chi connectivity index (χ3n) is 4.86. The van der Waals surface area contributed by atoms with E-state index in [-0.39, 0.29) is 5.88 Å². The molecule has 4 aromatic heterocycles. The van der Waals surface area contributed by atoms with E-state index in [0.29, 0.717) is 40.6 Å². The molecule has 0 spiro atoms. The summed E-state index contributed by atoms with van der Waals surface area (Å²) in [6.07, 6.45) is 2.91. The van der Waals surface area contributed by atoms with Gasteiger partial charge in [-0.05, 0) is 32.0 Å². The normalized spacial score (nSPS) is 12.3.